The molecule has 0 aliphatic carbocycles. The topological polar surface area (TPSA) is 61.7 Å². The van der Waals surface area contributed by atoms with Crippen LogP contribution in [0, 0.1) is 0 Å². The van der Waals surface area contributed by atoms with Crippen molar-refractivity contribution in [1.82, 2.24) is 5.32 Å². The van der Waals surface area contributed by atoms with Crippen LogP contribution in [0.2, 0.25) is 0 Å². The maximum absolute atomic E-state index is 9.37. The molecule has 0 spiro atoms. The SMILES string of the molecule is CCC(=O)O.[CaH2].c1ccc(CC2=NCCN2)cc1. The molecule has 96 valence electrons. The van der Waals surface area contributed by atoms with E-state index in [1.54, 1.807) is 6.92 Å². The van der Waals surface area contributed by atoms with E-state index >= 15 is 0 Å². The molecule has 1 heterocycles. The van der Waals surface area contributed by atoms with Crippen LogP contribution in [0.4, 0.5) is 0 Å². The molecule has 0 aromatic heterocycles. The normalized spacial score (nSPS) is 12.4. The van der Waals surface area contributed by atoms with E-state index in [1.807, 2.05) is 6.07 Å². The van der Waals surface area contributed by atoms with Crippen LogP contribution >= 0.6 is 0 Å². The average molecular weight is 276 g/mol. The van der Waals surface area contributed by atoms with E-state index in [1.165, 1.54) is 5.56 Å². The molecule has 0 saturated heterocycles. The molecule has 1 aromatic rings. The molecule has 5 heteroatoms. The number of benzene rings is 1. The van der Waals surface area contributed by atoms with Gasteiger partial charge in [0.2, 0.25) is 0 Å². The van der Waals surface area contributed by atoms with Gasteiger partial charge in [0.1, 0.15) is 5.84 Å². The Hall–Kier alpha value is -0.580. The maximum Gasteiger partial charge on any atom is 0.101 e. The maximum atomic E-state index is 9.37. The van der Waals surface area contributed by atoms with Gasteiger partial charge in [-0.25, -0.2) is 0 Å². The van der Waals surface area contributed by atoms with E-state index in [4.69, 9.17) is 5.11 Å². The molecule has 0 amide bonds. The van der Waals surface area contributed by atoms with Crippen molar-refractivity contribution in [2.75, 3.05) is 13.1 Å². The van der Waals surface area contributed by atoms with E-state index in [9.17, 15) is 4.79 Å². The molecule has 1 aliphatic heterocycles. The number of carboxylic acids is 1. The predicted molar refractivity (Wildman–Crippen MR) is 76.9 cm³/mol. The van der Waals surface area contributed by atoms with Gasteiger partial charge in [0.05, 0.1) is 6.54 Å². The third-order valence-electron chi connectivity index (χ3n) is 2.26. The van der Waals surface area contributed by atoms with Crippen molar-refractivity contribution >= 4 is 49.5 Å². The molecule has 0 fully saturated rings. The van der Waals surface area contributed by atoms with Crippen LogP contribution in [0.1, 0.15) is 18.9 Å². The van der Waals surface area contributed by atoms with Crippen molar-refractivity contribution in [1.29, 1.82) is 0 Å². The second-order valence-corrected chi connectivity index (χ2v) is 3.66. The summed E-state index contributed by atoms with van der Waals surface area (Å²) in [7, 11) is 0. The number of nitrogens with zero attached hydrogens (tertiary/aromatic N) is 1. The Kier molecular flexibility index (Phi) is 10.0. The van der Waals surface area contributed by atoms with Crippen LogP contribution in [-0.4, -0.2) is 67.7 Å². The van der Waals surface area contributed by atoms with Gasteiger partial charge in [-0.1, -0.05) is 37.3 Å². The fourth-order valence-corrected chi connectivity index (χ4v) is 1.35. The number of carboxylic acid groups (broad SMARTS) is 1. The van der Waals surface area contributed by atoms with Gasteiger partial charge in [0.25, 0.3) is 0 Å². The number of aliphatic carboxylic acids is 1. The molecule has 2 rings (SSSR count). The summed E-state index contributed by atoms with van der Waals surface area (Å²) in [6.45, 7) is 3.53. The minimum absolute atomic E-state index is 0. The summed E-state index contributed by atoms with van der Waals surface area (Å²) in [6, 6.07) is 10.4. The van der Waals surface area contributed by atoms with Crippen molar-refractivity contribution in [3.05, 3.63) is 35.9 Å². The van der Waals surface area contributed by atoms with Crippen molar-refractivity contribution < 1.29 is 9.90 Å². The smallest absolute Gasteiger partial charge is 0.101 e. The Labute approximate surface area is 138 Å². The summed E-state index contributed by atoms with van der Waals surface area (Å²) in [5.74, 6) is 0.381. The van der Waals surface area contributed by atoms with Gasteiger partial charge >= 0.3 is 43.7 Å². The number of amidine groups is 1. The molecule has 4 nitrogen and oxygen atoms in total. The Bertz CT molecular complexity index is 380. The fourth-order valence-electron chi connectivity index (χ4n) is 1.35. The number of hydrogen-bond donors (Lipinski definition) is 2. The predicted octanol–water partition coefficient (Wildman–Crippen LogP) is 0.796. The van der Waals surface area contributed by atoms with E-state index in [0.29, 0.717) is 0 Å². The zero-order valence-corrected chi connectivity index (χ0v) is 10.0. The van der Waals surface area contributed by atoms with E-state index in [-0.39, 0.29) is 44.2 Å². The Morgan fingerprint density at radius 1 is 1.39 bits per heavy atom. The van der Waals surface area contributed by atoms with Gasteiger partial charge in [-0.3, -0.25) is 9.79 Å². The first-order valence-corrected chi connectivity index (χ1v) is 5.75. The summed E-state index contributed by atoms with van der Waals surface area (Å²) < 4.78 is 0. The first-order chi connectivity index (χ1) is 8.22. The van der Waals surface area contributed by atoms with Crippen molar-refractivity contribution in [2.45, 2.75) is 19.8 Å². The quantitative estimate of drug-likeness (QED) is 0.803. The van der Waals surface area contributed by atoms with Crippen LogP contribution in [0.25, 0.3) is 0 Å². The van der Waals surface area contributed by atoms with Gasteiger partial charge in [-0.15, -0.1) is 0 Å². The van der Waals surface area contributed by atoms with Crippen LogP contribution in [0.5, 0.6) is 0 Å². The average Bonchev–Trinajstić information content (AvgIpc) is 2.84. The largest absolute Gasteiger partial charge is 0.372 e. The molecule has 0 atom stereocenters. The zero-order chi connectivity index (χ0) is 12.5. The summed E-state index contributed by atoms with van der Waals surface area (Å²) in [5, 5.41) is 11.0. The monoisotopic (exact) mass is 276 g/mol. The number of aliphatic imine (C=N–C) groups is 1. The van der Waals surface area contributed by atoms with Crippen LogP contribution in [0.3, 0.4) is 0 Å². The second kappa shape index (κ2) is 10.4. The number of nitrogens with one attached hydrogen (secondary N) is 1. The standard InChI is InChI=1S/C10H12N2.C3H6O2.Ca.2H/c1-2-4-9(5-3-1)8-10-11-6-7-12-10;1-2-3(4)5;;;/h1-5H,6-8H2,(H,11,12);2H2,1H3,(H,4,5);;;. The molecule has 1 aromatic carbocycles. The van der Waals surface area contributed by atoms with Crippen molar-refractivity contribution in [3.8, 4) is 0 Å². The minimum Gasteiger partial charge on any atom is -0.372 e. The minimum atomic E-state index is -0.745. The van der Waals surface area contributed by atoms with Gasteiger partial charge in [-0.05, 0) is 5.56 Å². The van der Waals surface area contributed by atoms with Crippen LogP contribution in [-0.2, 0) is 11.2 Å². The van der Waals surface area contributed by atoms with Crippen molar-refractivity contribution in [3.63, 3.8) is 0 Å². The van der Waals surface area contributed by atoms with Gasteiger partial charge < -0.3 is 10.4 Å². The molecule has 0 bridgehead atoms. The van der Waals surface area contributed by atoms with E-state index < -0.39 is 5.97 Å². The molecular formula is C13H20CaN2O2. The summed E-state index contributed by atoms with van der Waals surface area (Å²) in [6.07, 6.45) is 1.17. The van der Waals surface area contributed by atoms with Gasteiger partial charge in [0.15, 0.2) is 0 Å². The summed E-state index contributed by atoms with van der Waals surface area (Å²) in [5.41, 5.74) is 1.32. The van der Waals surface area contributed by atoms with Gasteiger partial charge in [-0.2, -0.15) is 0 Å². The number of hydrogen-bond acceptors (Lipinski definition) is 3. The second-order valence-electron chi connectivity index (χ2n) is 3.66. The van der Waals surface area contributed by atoms with E-state index in [0.717, 1.165) is 25.3 Å². The molecule has 1 aliphatic rings. The van der Waals surface area contributed by atoms with Crippen LogP contribution in [0.15, 0.2) is 35.3 Å². The molecular weight excluding hydrogens is 256 g/mol. The van der Waals surface area contributed by atoms with Crippen LogP contribution < -0.4 is 5.32 Å². The Morgan fingerprint density at radius 3 is 2.44 bits per heavy atom. The molecule has 0 radical (unpaired) electrons. The fraction of sp³-hybridized carbons (Fsp3) is 0.385. The third kappa shape index (κ3) is 7.69. The zero-order valence-electron chi connectivity index (χ0n) is 10.0. The Morgan fingerprint density at radius 2 is 2.00 bits per heavy atom. The molecule has 0 unspecified atom stereocenters. The summed E-state index contributed by atoms with van der Waals surface area (Å²) in [4.78, 5) is 13.7. The number of rotatable bonds is 3. The first-order valence-electron chi connectivity index (χ1n) is 5.75. The molecule has 2 N–H and O–H groups in total. The summed E-state index contributed by atoms with van der Waals surface area (Å²) >= 11 is 0. The third-order valence-corrected chi connectivity index (χ3v) is 2.26. The van der Waals surface area contributed by atoms with Gasteiger partial charge in [0, 0.05) is 19.4 Å². The first kappa shape index (κ1) is 17.4. The molecule has 18 heavy (non-hydrogen) atoms. The molecule has 0 saturated carbocycles. The Balaban J connectivity index is 0.000000421. The van der Waals surface area contributed by atoms with Crippen molar-refractivity contribution in [2.24, 2.45) is 4.99 Å². The number of carbonyl (C=O) groups is 1. The van der Waals surface area contributed by atoms with E-state index in [2.05, 4.69) is 34.6 Å².